The number of hydrogen-bond donors (Lipinski definition) is 1. The van der Waals surface area contributed by atoms with Crippen molar-refractivity contribution in [3.8, 4) is 0 Å². The third kappa shape index (κ3) is 6.24. The maximum atomic E-state index is 13.6. The minimum Gasteiger partial charge on any atom is -0.340 e. The van der Waals surface area contributed by atoms with Gasteiger partial charge in [-0.2, -0.15) is 0 Å². The summed E-state index contributed by atoms with van der Waals surface area (Å²) in [5, 5.41) is 3.24. The van der Waals surface area contributed by atoms with Crippen LogP contribution in [0.25, 0.3) is 0 Å². The molecule has 2 saturated heterocycles. The van der Waals surface area contributed by atoms with Crippen molar-refractivity contribution in [3.05, 3.63) is 35.6 Å². The van der Waals surface area contributed by atoms with E-state index in [0.29, 0.717) is 44.2 Å². The molecule has 2 aliphatic rings. The lowest BCUT2D eigenvalue weighted by Crippen LogP contribution is -2.48. The number of piperazine rings is 1. The predicted molar refractivity (Wildman–Crippen MR) is 111 cm³/mol. The predicted octanol–water partition coefficient (Wildman–Crippen LogP) is 1.96. The van der Waals surface area contributed by atoms with Gasteiger partial charge in [0.15, 0.2) is 0 Å². The number of carbonyl (C=O) groups excluding carboxylic acids is 2. The van der Waals surface area contributed by atoms with Crippen molar-refractivity contribution in [2.75, 3.05) is 52.4 Å². The summed E-state index contributed by atoms with van der Waals surface area (Å²) in [6.07, 6.45) is 3.92. The molecule has 0 radical (unpaired) electrons. The molecule has 2 amide bonds. The molecule has 0 bridgehead atoms. The Labute approximate surface area is 173 Å². The third-order valence-corrected chi connectivity index (χ3v) is 6.02. The number of halogens is 1. The minimum absolute atomic E-state index is 0.0786. The van der Waals surface area contributed by atoms with Gasteiger partial charge < -0.3 is 15.1 Å². The van der Waals surface area contributed by atoms with Crippen LogP contribution in [0.5, 0.6) is 0 Å². The molecule has 1 unspecified atom stereocenters. The van der Waals surface area contributed by atoms with E-state index >= 15 is 0 Å². The number of piperidine rings is 1. The van der Waals surface area contributed by atoms with Gasteiger partial charge in [-0.15, -0.1) is 0 Å². The molecule has 2 aliphatic heterocycles. The zero-order chi connectivity index (χ0) is 20.6. The summed E-state index contributed by atoms with van der Waals surface area (Å²) in [6, 6.07) is 6.32. The van der Waals surface area contributed by atoms with Crippen molar-refractivity contribution in [1.82, 2.24) is 20.0 Å². The van der Waals surface area contributed by atoms with Crippen molar-refractivity contribution in [3.63, 3.8) is 0 Å². The van der Waals surface area contributed by atoms with Gasteiger partial charge in [0.2, 0.25) is 5.91 Å². The monoisotopic (exact) mass is 404 g/mol. The van der Waals surface area contributed by atoms with Crippen LogP contribution in [0.4, 0.5) is 4.39 Å². The second-order valence-corrected chi connectivity index (χ2v) is 8.06. The number of carbonyl (C=O) groups is 2. The van der Waals surface area contributed by atoms with Crippen LogP contribution in [0.2, 0.25) is 0 Å². The molecule has 7 heteroatoms. The van der Waals surface area contributed by atoms with Gasteiger partial charge in [-0.1, -0.05) is 12.5 Å². The topological polar surface area (TPSA) is 55.9 Å². The van der Waals surface area contributed by atoms with Gasteiger partial charge in [-0.3, -0.25) is 14.5 Å². The molecular formula is C22H33FN4O2. The van der Waals surface area contributed by atoms with E-state index < -0.39 is 5.82 Å². The van der Waals surface area contributed by atoms with E-state index in [1.807, 2.05) is 4.90 Å². The highest BCUT2D eigenvalue weighted by Crippen LogP contribution is 2.16. The van der Waals surface area contributed by atoms with Crippen molar-refractivity contribution < 1.29 is 14.0 Å². The fourth-order valence-corrected chi connectivity index (χ4v) is 4.16. The molecule has 2 heterocycles. The van der Waals surface area contributed by atoms with Crippen molar-refractivity contribution in [2.45, 2.75) is 38.6 Å². The largest absolute Gasteiger partial charge is 0.340 e. The number of rotatable bonds is 7. The lowest BCUT2D eigenvalue weighted by atomic mass is 10.0. The van der Waals surface area contributed by atoms with Gasteiger partial charge in [-0.05, 0) is 44.5 Å². The summed E-state index contributed by atoms with van der Waals surface area (Å²) in [5.41, 5.74) is 0.339. The summed E-state index contributed by atoms with van der Waals surface area (Å²) in [4.78, 5) is 31.6. The van der Waals surface area contributed by atoms with Crippen molar-refractivity contribution in [2.24, 2.45) is 0 Å². The van der Waals surface area contributed by atoms with E-state index in [-0.39, 0.29) is 11.8 Å². The maximum Gasteiger partial charge on any atom is 0.254 e. The van der Waals surface area contributed by atoms with E-state index in [1.165, 1.54) is 31.4 Å². The van der Waals surface area contributed by atoms with Crippen LogP contribution in [-0.4, -0.2) is 84.9 Å². The Bertz CT molecular complexity index is 693. The molecule has 160 valence electrons. The zero-order valence-corrected chi connectivity index (χ0v) is 17.4. The van der Waals surface area contributed by atoms with Gasteiger partial charge in [-0.25, -0.2) is 4.39 Å². The summed E-state index contributed by atoms with van der Waals surface area (Å²) in [6.45, 7) is 8.01. The molecule has 0 saturated carbocycles. The number of nitrogens with one attached hydrogen (secondary N) is 1. The molecule has 29 heavy (non-hydrogen) atoms. The van der Waals surface area contributed by atoms with Gasteiger partial charge >= 0.3 is 0 Å². The Morgan fingerprint density at radius 2 is 1.97 bits per heavy atom. The summed E-state index contributed by atoms with van der Waals surface area (Å²) in [5.74, 6) is -0.547. The first kappa shape index (κ1) is 21.7. The summed E-state index contributed by atoms with van der Waals surface area (Å²) < 4.78 is 13.6. The number of likely N-dealkylation sites (tertiary alicyclic amines) is 1. The lowest BCUT2D eigenvalue weighted by molar-refractivity contribution is -0.131. The minimum atomic E-state index is -0.419. The third-order valence-electron chi connectivity index (χ3n) is 6.02. The van der Waals surface area contributed by atoms with Crippen LogP contribution in [0.15, 0.2) is 24.3 Å². The second kappa shape index (κ2) is 10.7. The van der Waals surface area contributed by atoms with E-state index in [9.17, 15) is 14.0 Å². The Balaban J connectivity index is 1.63. The van der Waals surface area contributed by atoms with Crippen LogP contribution >= 0.6 is 0 Å². The zero-order valence-electron chi connectivity index (χ0n) is 17.4. The average molecular weight is 405 g/mol. The number of amides is 2. The van der Waals surface area contributed by atoms with Crippen LogP contribution < -0.4 is 5.32 Å². The molecule has 3 rings (SSSR count). The highest BCUT2D eigenvalue weighted by atomic mass is 19.1. The number of benzene rings is 1. The first-order valence-electron chi connectivity index (χ1n) is 10.8. The van der Waals surface area contributed by atoms with E-state index in [2.05, 4.69) is 17.1 Å². The Hall–Kier alpha value is -1.99. The lowest BCUT2D eigenvalue weighted by Gasteiger charge is -2.35. The molecule has 6 nitrogen and oxygen atoms in total. The number of nitrogens with zero attached hydrogens (tertiary/aromatic N) is 3. The molecule has 1 atom stereocenters. The van der Waals surface area contributed by atoms with Gasteiger partial charge in [0, 0.05) is 63.8 Å². The molecule has 0 aromatic heterocycles. The average Bonchev–Trinajstić information content (AvgIpc) is 2.75. The summed E-state index contributed by atoms with van der Waals surface area (Å²) >= 11 is 0. The normalized spacial score (nSPS) is 20.5. The molecule has 0 aliphatic carbocycles. The molecular weight excluding hydrogens is 371 g/mol. The van der Waals surface area contributed by atoms with E-state index in [4.69, 9.17) is 0 Å². The molecule has 0 spiro atoms. The quantitative estimate of drug-likeness (QED) is 0.755. The standard InChI is InChI=1S/C22H33FN4O2/c1-18-5-2-3-11-25(18)15-16-27(22(29)19-6-4-7-20(23)17-19)12-8-21(28)26-13-9-24-10-14-26/h4,6-7,17-18,24H,2-3,5,8-16H2,1H3. The van der Waals surface area contributed by atoms with Crippen LogP contribution in [0.3, 0.4) is 0 Å². The van der Waals surface area contributed by atoms with E-state index in [0.717, 1.165) is 26.2 Å². The fraction of sp³-hybridized carbons (Fsp3) is 0.636. The molecule has 1 aromatic carbocycles. The SMILES string of the molecule is CC1CCCCN1CCN(CCC(=O)N1CCNCC1)C(=O)c1cccc(F)c1. The molecule has 2 fully saturated rings. The van der Waals surface area contributed by atoms with Crippen LogP contribution in [0, 0.1) is 5.82 Å². The molecule has 1 aromatic rings. The number of hydrogen-bond acceptors (Lipinski definition) is 4. The Morgan fingerprint density at radius 1 is 1.17 bits per heavy atom. The smallest absolute Gasteiger partial charge is 0.254 e. The maximum absolute atomic E-state index is 13.6. The fourth-order valence-electron chi connectivity index (χ4n) is 4.16. The van der Waals surface area contributed by atoms with Crippen LogP contribution in [-0.2, 0) is 4.79 Å². The first-order valence-corrected chi connectivity index (χ1v) is 10.8. The van der Waals surface area contributed by atoms with Crippen LogP contribution in [0.1, 0.15) is 43.0 Å². The highest BCUT2D eigenvalue weighted by molar-refractivity contribution is 5.94. The van der Waals surface area contributed by atoms with E-state index in [1.54, 1.807) is 17.0 Å². The van der Waals surface area contributed by atoms with Gasteiger partial charge in [0.25, 0.3) is 5.91 Å². The van der Waals surface area contributed by atoms with Gasteiger partial charge in [0.05, 0.1) is 0 Å². The Kier molecular flexibility index (Phi) is 8.00. The first-order chi connectivity index (χ1) is 14.0. The Morgan fingerprint density at radius 3 is 2.69 bits per heavy atom. The van der Waals surface area contributed by atoms with Gasteiger partial charge in [0.1, 0.15) is 5.82 Å². The van der Waals surface area contributed by atoms with Crippen molar-refractivity contribution >= 4 is 11.8 Å². The molecule has 1 N–H and O–H groups in total. The second-order valence-electron chi connectivity index (χ2n) is 8.06. The highest BCUT2D eigenvalue weighted by Gasteiger charge is 2.23. The summed E-state index contributed by atoms with van der Waals surface area (Å²) in [7, 11) is 0. The van der Waals surface area contributed by atoms with Crippen molar-refractivity contribution in [1.29, 1.82) is 0 Å².